The van der Waals surface area contributed by atoms with E-state index in [0.717, 1.165) is 49.7 Å². The second kappa shape index (κ2) is 9.78. The molecule has 1 atom stereocenters. The maximum atomic E-state index is 13.6. The van der Waals surface area contributed by atoms with Crippen molar-refractivity contribution in [3.05, 3.63) is 51.9 Å². The molecule has 160 valence electrons. The smallest absolute Gasteiger partial charge is 0.341 e. The zero-order valence-corrected chi connectivity index (χ0v) is 18.6. The van der Waals surface area contributed by atoms with Gasteiger partial charge < -0.3 is 10.1 Å². The summed E-state index contributed by atoms with van der Waals surface area (Å²) in [6.45, 7) is 2.16. The second-order valence-electron chi connectivity index (χ2n) is 8.41. The Balaban J connectivity index is 1.65. The van der Waals surface area contributed by atoms with E-state index < -0.39 is 0 Å². The van der Waals surface area contributed by atoms with Crippen molar-refractivity contribution in [3.8, 4) is 0 Å². The average Bonchev–Trinajstić information content (AvgIpc) is 3.13. The Morgan fingerprint density at radius 3 is 2.53 bits per heavy atom. The first kappa shape index (κ1) is 21.1. The monoisotopic (exact) mass is 425 g/mol. The maximum Gasteiger partial charge on any atom is 0.341 e. The van der Waals surface area contributed by atoms with E-state index in [0.29, 0.717) is 23.1 Å². The number of aryl methyl sites for hydroxylation is 1. The number of thiophene rings is 1. The highest BCUT2D eigenvalue weighted by atomic mass is 32.1. The first-order valence-electron chi connectivity index (χ1n) is 11.4. The van der Waals surface area contributed by atoms with Crippen molar-refractivity contribution in [1.29, 1.82) is 0 Å². The molecule has 0 radical (unpaired) electrons. The van der Waals surface area contributed by atoms with Gasteiger partial charge in [0, 0.05) is 4.88 Å². The van der Waals surface area contributed by atoms with Crippen molar-refractivity contribution in [1.82, 2.24) is 0 Å². The van der Waals surface area contributed by atoms with Crippen LogP contribution in [-0.2, 0) is 22.4 Å². The van der Waals surface area contributed by atoms with E-state index in [2.05, 4.69) is 17.4 Å². The summed E-state index contributed by atoms with van der Waals surface area (Å²) in [5, 5.41) is 3.86. The molecule has 2 aromatic rings. The number of rotatable bonds is 6. The van der Waals surface area contributed by atoms with Crippen LogP contribution in [0.2, 0.25) is 0 Å². The highest BCUT2D eigenvalue weighted by molar-refractivity contribution is 7.17. The van der Waals surface area contributed by atoms with Crippen molar-refractivity contribution < 1.29 is 14.3 Å². The van der Waals surface area contributed by atoms with E-state index in [1.165, 1.54) is 24.1 Å². The molecular weight excluding hydrogens is 394 g/mol. The van der Waals surface area contributed by atoms with Crippen LogP contribution in [0.3, 0.4) is 0 Å². The number of benzene rings is 1. The first-order chi connectivity index (χ1) is 14.7. The standard InChI is InChI=1S/C25H31NO3S/c1-2-29-25(28)22-19-15-9-10-16-20(19)30-24(22)26-23(27)21(17-11-5-3-6-12-17)18-13-7-4-8-14-18/h3,5-6,11-12,18,21H,2,4,7-10,13-16H2,1H3,(H,26,27)/t21-/m1/s1. The normalized spacial score (nSPS) is 17.8. The van der Waals surface area contributed by atoms with Crippen LogP contribution in [0.25, 0.3) is 0 Å². The summed E-state index contributed by atoms with van der Waals surface area (Å²) in [5.41, 5.74) is 2.76. The minimum absolute atomic E-state index is 0.0113. The van der Waals surface area contributed by atoms with Gasteiger partial charge in [-0.1, -0.05) is 49.6 Å². The zero-order chi connectivity index (χ0) is 20.9. The van der Waals surface area contributed by atoms with E-state index >= 15 is 0 Å². The number of amides is 1. The van der Waals surface area contributed by atoms with E-state index in [1.807, 2.05) is 25.1 Å². The summed E-state index contributed by atoms with van der Waals surface area (Å²) in [5.74, 6) is -0.124. The molecule has 4 rings (SSSR count). The van der Waals surface area contributed by atoms with Gasteiger partial charge in [-0.15, -0.1) is 11.3 Å². The third kappa shape index (κ3) is 4.46. The Bertz CT molecular complexity index is 883. The number of esters is 1. The third-order valence-electron chi connectivity index (χ3n) is 6.45. The van der Waals surface area contributed by atoms with Gasteiger partial charge in [0.15, 0.2) is 0 Å². The molecule has 1 saturated carbocycles. The van der Waals surface area contributed by atoms with Gasteiger partial charge in [0.2, 0.25) is 5.91 Å². The predicted molar refractivity (Wildman–Crippen MR) is 121 cm³/mol. The molecule has 1 N–H and O–H groups in total. The van der Waals surface area contributed by atoms with Crippen molar-refractivity contribution in [2.24, 2.45) is 5.92 Å². The number of anilines is 1. The quantitative estimate of drug-likeness (QED) is 0.568. The Hall–Kier alpha value is -2.14. The SMILES string of the molecule is CCOC(=O)c1c(NC(=O)[C@H](c2ccccc2)C2CCCCC2)sc2c1CCCC2. The molecule has 0 bridgehead atoms. The van der Waals surface area contributed by atoms with Gasteiger partial charge in [-0.05, 0) is 62.5 Å². The number of hydrogen-bond acceptors (Lipinski definition) is 4. The summed E-state index contributed by atoms with van der Waals surface area (Å²) in [7, 11) is 0. The number of hydrogen-bond donors (Lipinski definition) is 1. The fourth-order valence-corrected chi connectivity index (χ4v) is 6.31. The van der Waals surface area contributed by atoms with Gasteiger partial charge in [0.1, 0.15) is 5.00 Å². The average molecular weight is 426 g/mol. The largest absolute Gasteiger partial charge is 0.462 e. The highest BCUT2D eigenvalue weighted by Gasteiger charge is 2.33. The molecule has 2 aliphatic carbocycles. The summed E-state index contributed by atoms with van der Waals surface area (Å²) < 4.78 is 5.35. The fourth-order valence-electron chi connectivity index (χ4n) is 5.03. The molecule has 1 fully saturated rings. The molecule has 2 aliphatic rings. The van der Waals surface area contributed by atoms with E-state index in [4.69, 9.17) is 4.74 Å². The van der Waals surface area contributed by atoms with Crippen LogP contribution in [-0.4, -0.2) is 18.5 Å². The lowest BCUT2D eigenvalue weighted by atomic mass is 9.76. The van der Waals surface area contributed by atoms with Crippen LogP contribution >= 0.6 is 11.3 Å². The van der Waals surface area contributed by atoms with Crippen LogP contribution in [0.1, 0.15) is 84.1 Å². The molecule has 30 heavy (non-hydrogen) atoms. The van der Waals surface area contributed by atoms with Gasteiger partial charge in [0.05, 0.1) is 18.1 Å². The number of ether oxygens (including phenoxy) is 1. The van der Waals surface area contributed by atoms with E-state index in [-0.39, 0.29) is 17.8 Å². The highest BCUT2D eigenvalue weighted by Crippen LogP contribution is 2.41. The lowest BCUT2D eigenvalue weighted by Gasteiger charge is -2.29. The summed E-state index contributed by atoms with van der Waals surface area (Å²) in [6, 6.07) is 10.1. The summed E-state index contributed by atoms with van der Waals surface area (Å²) in [4.78, 5) is 27.6. The Kier molecular flexibility index (Phi) is 6.88. The molecule has 0 saturated heterocycles. The molecular formula is C25H31NO3S. The molecule has 1 amide bonds. The van der Waals surface area contributed by atoms with Gasteiger partial charge in [-0.3, -0.25) is 4.79 Å². The van der Waals surface area contributed by atoms with Crippen LogP contribution in [0.4, 0.5) is 5.00 Å². The molecule has 1 aromatic heterocycles. The maximum absolute atomic E-state index is 13.6. The Labute approximate surface area is 183 Å². The number of carbonyl (C=O) groups is 2. The number of carbonyl (C=O) groups excluding carboxylic acids is 2. The van der Waals surface area contributed by atoms with Gasteiger partial charge in [-0.2, -0.15) is 0 Å². The second-order valence-corrected chi connectivity index (χ2v) is 9.52. The minimum Gasteiger partial charge on any atom is -0.462 e. The van der Waals surface area contributed by atoms with Crippen LogP contribution in [0.5, 0.6) is 0 Å². The molecule has 0 spiro atoms. The minimum atomic E-state index is -0.305. The van der Waals surface area contributed by atoms with Crippen molar-refractivity contribution in [2.45, 2.75) is 70.6 Å². The summed E-state index contributed by atoms with van der Waals surface area (Å²) in [6.07, 6.45) is 9.87. The van der Waals surface area contributed by atoms with Gasteiger partial charge in [0.25, 0.3) is 0 Å². The van der Waals surface area contributed by atoms with E-state index in [9.17, 15) is 9.59 Å². The Morgan fingerprint density at radius 1 is 1.07 bits per heavy atom. The molecule has 0 unspecified atom stereocenters. The molecule has 0 aliphatic heterocycles. The Morgan fingerprint density at radius 2 is 1.80 bits per heavy atom. The molecule has 1 aromatic carbocycles. The number of fused-ring (bicyclic) bond motifs is 1. The zero-order valence-electron chi connectivity index (χ0n) is 17.7. The van der Waals surface area contributed by atoms with Crippen molar-refractivity contribution >= 4 is 28.2 Å². The number of nitrogens with one attached hydrogen (secondary N) is 1. The molecule has 1 heterocycles. The summed E-state index contributed by atoms with van der Waals surface area (Å²) >= 11 is 1.57. The molecule has 5 heteroatoms. The lowest BCUT2D eigenvalue weighted by Crippen LogP contribution is -2.29. The third-order valence-corrected chi connectivity index (χ3v) is 7.66. The van der Waals surface area contributed by atoms with Crippen LogP contribution in [0.15, 0.2) is 30.3 Å². The topological polar surface area (TPSA) is 55.4 Å². The van der Waals surface area contributed by atoms with Crippen LogP contribution < -0.4 is 5.32 Å². The molecule has 4 nitrogen and oxygen atoms in total. The van der Waals surface area contributed by atoms with Gasteiger partial charge in [-0.25, -0.2) is 4.79 Å². The van der Waals surface area contributed by atoms with Crippen LogP contribution in [0, 0.1) is 5.92 Å². The fraction of sp³-hybridized carbons (Fsp3) is 0.520. The lowest BCUT2D eigenvalue weighted by molar-refractivity contribution is -0.119. The van der Waals surface area contributed by atoms with Crippen molar-refractivity contribution in [3.63, 3.8) is 0 Å². The van der Waals surface area contributed by atoms with E-state index in [1.54, 1.807) is 11.3 Å². The first-order valence-corrected chi connectivity index (χ1v) is 12.2. The van der Waals surface area contributed by atoms with Crippen molar-refractivity contribution in [2.75, 3.05) is 11.9 Å². The predicted octanol–water partition coefficient (Wildman–Crippen LogP) is 6.11. The van der Waals surface area contributed by atoms with Gasteiger partial charge >= 0.3 is 5.97 Å².